The van der Waals surface area contributed by atoms with E-state index in [4.69, 9.17) is 16.3 Å². The second kappa shape index (κ2) is 6.33. The van der Waals surface area contributed by atoms with Crippen molar-refractivity contribution in [3.8, 4) is 11.5 Å². The molecule has 0 radical (unpaired) electrons. The first-order chi connectivity index (χ1) is 9.72. The van der Waals surface area contributed by atoms with Gasteiger partial charge in [0.15, 0.2) is 0 Å². The van der Waals surface area contributed by atoms with Crippen molar-refractivity contribution in [2.45, 2.75) is 25.4 Å². The zero-order chi connectivity index (χ0) is 13.9. The molecule has 0 saturated heterocycles. The molecular weight excluding hydrogens is 385 g/mol. The Morgan fingerprint density at radius 2 is 1.95 bits per heavy atom. The van der Waals surface area contributed by atoms with Gasteiger partial charge in [0.1, 0.15) is 11.5 Å². The molecule has 0 amide bonds. The van der Waals surface area contributed by atoms with Crippen LogP contribution in [0.2, 0.25) is 5.02 Å². The summed E-state index contributed by atoms with van der Waals surface area (Å²) in [6.45, 7) is 0.796. The minimum atomic E-state index is 0.665. The lowest BCUT2D eigenvalue weighted by molar-refractivity contribution is 0.469. The van der Waals surface area contributed by atoms with Crippen LogP contribution in [0, 0.1) is 3.57 Å². The SMILES string of the molecule is Clc1ccc(Oc2ccccc2I)c(CNC2CC2)c1. The van der Waals surface area contributed by atoms with Crippen molar-refractivity contribution in [3.63, 3.8) is 0 Å². The predicted molar refractivity (Wildman–Crippen MR) is 90.5 cm³/mol. The first-order valence-corrected chi connectivity index (χ1v) is 8.12. The average molecular weight is 400 g/mol. The van der Waals surface area contributed by atoms with Crippen LogP contribution in [-0.4, -0.2) is 6.04 Å². The highest BCUT2D eigenvalue weighted by molar-refractivity contribution is 14.1. The van der Waals surface area contributed by atoms with E-state index in [0.29, 0.717) is 6.04 Å². The van der Waals surface area contributed by atoms with E-state index in [1.54, 1.807) is 0 Å². The first kappa shape index (κ1) is 14.2. The lowest BCUT2D eigenvalue weighted by atomic mass is 10.2. The highest BCUT2D eigenvalue weighted by Gasteiger charge is 2.20. The Morgan fingerprint density at radius 3 is 2.70 bits per heavy atom. The van der Waals surface area contributed by atoms with Crippen molar-refractivity contribution >= 4 is 34.2 Å². The molecule has 1 aliphatic rings. The molecule has 0 spiro atoms. The molecule has 20 heavy (non-hydrogen) atoms. The van der Waals surface area contributed by atoms with Crippen LogP contribution in [-0.2, 0) is 6.54 Å². The van der Waals surface area contributed by atoms with Gasteiger partial charge in [-0.05, 0) is 65.8 Å². The maximum atomic E-state index is 6.10. The molecule has 4 heteroatoms. The molecule has 1 aliphatic carbocycles. The third-order valence-corrected chi connectivity index (χ3v) is 4.36. The number of rotatable bonds is 5. The van der Waals surface area contributed by atoms with Crippen molar-refractivity contribution in [2.75, 3.05) is 0 Å². The average Bonchev–Trinajstić information content (AvgIpc) is 3.25. The van der Waals surface area contributed by atoms with Gasteiger partial charge < -0.3 is 10.1 Å². The number of ether oxygens (including phenoxy) is 1. The van der Waals surface area contributed by atoms with E-state index < -0.39 is 0 Å². The van der Waals surface area contributed by atoms with Crippen LogP contribution in [0.15, 0.2) is 42.5 Å². The summed E-state index contributed by atoms with van der Waals surface area (Å²) in [6.07, 6.45) is 2.54. The van der Waals surface area contributed by atoms with E-state index in [1.807, 2.05) is 42.5 Å². The monoisotopic (exact) mass is 399 g/mol. The summed E-state index contributed by atoms with van der Waals surface area (Å²) in [6, 6.07) is 14.5. The quantitative estimate of drug-likeness (QED) is 0.715. The van der Waals surface area contributed by atoms with Gasteiger partial charge in [0.05, 0.1) is 3.57 Å². The first-order valence-electron chi connectivity index (χ1n) is 6.66. The summed E-state index contributed by atoms with van der Waals surface area (Å²) in [4.78, 5) is 0. The fraction of sp³-hybridized carbons (Fsp3) is 0.250. The Balaban J connectivity index is 1.82. The van der Waals surface area contributed by atoms with E-state index in [-0.39, 0.29) is 0 Å². The predicted octanol–water partition coefficient (Wildman–Crippen LogP) is 4.99. The molecule has 2 aromatic rings. The molecule has 1 saturated carbocycles. The van der Waals surface area contributed by atoms with Crippen LogP contribution in [0.3, 0.4) is 0 Å². The summed E-state index contributed by atoms with van der Waals surface area (Å²) in [5, 5.41) is 4.24. The highest BCUT2D eigenvalue weighted by atomic mass is 127. The Morgan fingerprint density at radius 1 is 1.15 bits per heavy atom. The van der Waals surface area contributed by atoms with Crippen molar-refractivity contribution in [3.05, 3.63) is 56.6 Å². The molecule has 0 bridgehead atoms. The molecule has 3 rings (SSSR count). The Bertz CT molecular complexity index is 613. The zero-order valence-corrected chi connectivity index (χ0v) is 13.8. The number of nitrogens with one attached hydrogen (secondary N) is 1. The third-order valence-electron chi connectivity index (χ3n) is 3.24. The lowest BCUT2D eigenvalue weighted by Gasteiger charge is -2.13. The van der Waals surface area contributed by atoms with E-state index in [9.17, 15) is 0 Å². The van der Waals surface area contributed by atoms with Gasteiger partial charge in [-0.25, -0.2) is 0 Å². The Labute approximate surface area is 137 Å². The number of halogens is 2. The van der Waals surface area contributed by atoms with E-state index >= 15 is 0 Å². The second-order valence-corrected chi connectivity index (χ2v) is 6.54. The molecule has 1 N–H and O–H groups in total. The van der Waals surface area contributed by atoms with Crippen molar-refractivity contribution < 1.29 is 4.74 Å². The smallest absolute Gasteiger partial charge is 0.140 e. The molecule has 0 atom stereocenters. The standard InChI is InChI=1S/C16H15ClINO/c17-12-5-8-15(11(9-12)10-19-13-6-7-13)20-16-4-2-1-3-14(16)18/h1-5,8-9,13,19H,6-7,10H2. The maximum absolute atomic E-state index is 6.10. The Kier molecular flexibility index (Phi) is 4.48. The van der Waals surface area contributed by atoms with Crippen LogP contribution in [0.4, 0.5) is 0 Å². The minimum absolute atomic E-state index is 0.665. The van der Waals surface area contributed by atoms with Gasteiger partial charge in [0.2, 0.25) is 0 Å². The summed E-state index contributed by atoms with van der Waals surface area (Å²) < 4.78 is 7.14. The van der Waals surface area contributed by atoms with Gasteiger partial charge >= 0.3 is 0 Å². The molecule has 0 unspecified atom stereocenters. The molecule has 2 nitrogen and oxygen atoms in total. The minimum Gasteiger partial charge on any atom is -0.456 e. The van der Waals surface area contributed by atoms with Crippen LogP contribution in [0.5, 0.6) is 11.5 Å². The van der Waals surface area contributed by atoms with Gasteiger partial charge in [-0.1, -0.05) is 23.7 Å². The van der Waals surface area contributed by atoms with Crippen LogP contribution >= 0.6 is 34.2 Å². The number of para-hydroxylation sites is 1. The molecule has 1 fully saturated rings. The van der Waals surface area contributed by atoms with Crippen molar-refractivity contribution in [2.24, 2.45) is 0 Å². The summed E-state index contributed by atoms with van der Waals surface area (Å²) in [5.74, 6) is 1.75. The van der Waals surface area contributed by atoms with E-state index in [1.165, 1.54) is 12.8 Å². The molecule has 0 aromatic heterocycles. The largest absolute Gasteiger partial charge is 0.456 e. The zero-order valence-electron chi connectivity index (χ0n) is 10.9. The van der Waals surface area contributed by atoms with Gasteiger partial charge in [0.25, 0.3) is 0 Å². The van der Waals surface area contributed by atoms with Gasteiger partial charge in [0, 0.05) is 23.2 Å². The topological polar surface area (TPSA) is 21.3 Å². The fourth-order valence-electron chi connectivity index (χ4n) is 1.97. The Hall–Kier alpha value is -0.780. The van der Waals surface area contributed by atoms with Crippen LogP contribution in [0.25, 0.3) is 0 Å². The summed E-state index contributed by atoms with van der Waals surface area (Å²) in [7, 11) is 0. The number of hydrogen-bond acceptors (Lipinski definition) is 2. The van der Waals surface area contributed by atoms with Gasteiger partial charge in [-0.2, -0.15) is 0 Å². The normalized spacial score (nSPS) is 14.3. The molecule has 2 aromatic carbocycles. The van der Waals surface area contributed by atoms with Crippen LogP contribution in [0.1, 0.15) is 18.4 Å². The molecule has 104 valence electrons. The summed E-state index contributed by atoms with van der Waals surface area (Å²) >= 11 is 8.38. The molecule has 0 heterocycles. The molecular formula is C16H15ClINO. The maximum Gasteiger partial charge on any atom is 0.140 e. The third kappa shape index (κ3) is 3.65. The van der Waals surface area contributed by atoms with Crippen LogP contribution < -0.4 is 10.1 Å². The summed E-state index contributed by atoms with van der Waals surface area (Å²) in [5.41, 5.74) is 1.10. The second-order valence-electron chi connectivity index (χ2n) is 4.94. The molecule has 0 aliphatic heterocycles. The lowest BCUT2D eigenvalue weighted by Crippen LogP contribution is -2.15. The fourth-order valence-corrected chi connectivity index (χ4v) is 2.67. The number of hydrogen-bond donors (Lipinski definition) is 1. The van der Waals surface area contributed by atoms with E-state index in [2.05, 4.69) is 27.9 Å². The van der Waals surface area contributed by atoms with Crippen molar-refractivity contribution in [1.29, 1.82) is 0 Å². The van der Waals surface area contributed by atoms with Gasteiger partial charge in [-0.15, -0.1) is 0 Å². The number of benzene rings is 2. The van der Waals surface area contributed by atoms with E-state index in [0.717, 1.165) is 32.2 Å². The van der Waals surface area contributed by atoms with Gasteiger partial charge in [-0.3, -0.25) is 0 Å². The highest BCUT2D eigenvalue weighted by Crippen LogP contribution is 2.31. The van der Waals surface area contributed by atoms with Crippen molar-refractivity contribution in [1.82, 2.24) is 5.32 Å².